The van der Waals surface area contributed by atoms with Gasteiger partial charge in [-0.15, -0.1) is 0 Å². The summed E-state index contributed by atoms with van der Waals surface area (Å²) in [5.41, 5.74) is 0.937. The molecule has 0 amide bonds. The predicted molar refractivity (Wildman–Crippen MR) is 76.5 cm³/mol. The van der Waals surface area contributed by atoms with Crippen LogP contribution >= 0.6 is 11.6 Å². The number of nitrogens with zero attached hydrogens (tertiary/aromatic N) is 1. The van der Waals surface area contributed by atoms with Crippen LogP contribution in [0.4, 0.5) is 0 Å². The van der Waals surface area contributed by atoms with E-state index in [1.165, 1.54) is 0 Å². The zero-order valence-corrected chi connectivity index (χ0v) is 12.4. The molecule has 0 bridgehead atoms. The Labute approximate surface area is 119 Å². The molecule has 2 rings (SSSR count). The zero-order chi connectivity index (χ0) is 14.3. The average Bonchev–Trinajstić information content (AvgIpc) is 2.51. The molecule has 0 aromatic heterocycles. The molecule has 0 unspecified atom stereocenters. The lowest BCUT2D eigenvalue weighted by Crippen LogP contribution is -2.41. The minimum atomic E-state index is -0.480. The number of rotatable bonds is 2. The normalized spacial score (nSPS) is 20.3. The van der Waals surface area contributed by atoms with Crippen LogP contribution in [0.1, 0.15) is 33.3 Å². The van der Waals surface area contributed by atoms with Gasteiger partial charge in [-0.1, -0.05) is 17.7 Å². The summed E-state index contributed by atoms with van der Waals surface area (Å²) in [6.45, 7) is 8.01. The molecule has 0 radical (unpaired) electrons. The topological polar surface area (TPSA) is 42.2 Å². The molecule has 0 atom stereocenters. The first kappa shape index (κ1) is 14.4. The molecule has 1 saturated heterocycles. The van der Waals surface area contributed by atoms with Crippen molar-refractivity contribution in [2.24, 2.45) is 0 Å². The molecular weight excluding hydrogens is 260 g/mol. The first-order valence-corrected chi connectivity index (χ1v) is 6.65. The van der Waals surface area contributed by atoms with Crippen molar-refractivity contribution in [3.05, 3.63) is 28.8 Å². The first-order valence-electron chi connectivity index (χ1n) is 6.28. The largest absolute Gasteiger partial charge is 0.495 e. The third-order valence-corrected chi connectivity index (χ3v) is 4.12. The van der Waals surface area contributed by atoms with Crippen LogP contribution in [0.3, 0.4) is 0 Å². The van der Waals surface area contributed by atoms with Crippen molar-refractivity contribution in [1.82, 2.24) is 0 Å². The molecule has 100 valence electrons. The number of benzene rings is 1. The van der Waals surface area contributed by atoms with Crippen molar-refractivity contribution in [3.63, 3.8) is 0 Å². The summed E-state index contributed by atoms with van der Waals surface area (Å²) >= 11 is 6.04. The van der Waals surface area contributed by atoms with Crippen LogP contribution in [-0.2, 0) is 15.7 Å². The number of hydrogen-bond acceptors (Lipinski definition) is 3. The Balaban J connectivity index is 2.39. The Morgan fingerprint density at radius 3 is 2.32 bits per heavy atom. The summed E-state index contributed by atoms with van der Waals surface area (Å²) in [5, 5.41) is 9.51. The fraction of sp³-hybridized carbons (Fsp3) is 0.500. The van der Waals surface area contributed by atoms with Gasteiger partial charge in [0.25, 0.3) is 0 Å². The van der Waals surface area contributed by atoms with E-state index in [1.54, 1.807) is 6.07 Å². The van der Waals surface area contributed by atoms with Gasteiger partial charge in [0, 0.05) is 5.02 Å². The number of nitriles is 1. The van der Waals surface area contributed by atoms with Gasteiger partial charge in [0.2, 0.25) is 0 Å². The Bertz CT molecular complexity index is 521. The fourth-order valence-electron chi connectivity index (χ4n) is 2.00. The maximum atomic E-state index is 8.90. The Morgan fingerprint density at radius 2 is 1.79 bits per heavy atom. The zero-order valence-electron chi connectivity index (χ0n) is 11.7. The summed E-state index contributed by atoms with van der Waals surface area (Å²) in [4.78, 5) is 0. The van der Waals surface area contributed by atoms with Crippen molar-refractivity contribution < 1.29 is 9.31 Å². The Morgan fingerprint density at radius 1 is 1.21 bits per heavy atom. The van der Waals surface area contributed by atoms with Crippen LogP contribution in [0.15, 0.2) is 18.2 Å². The molecule has 1 aliphatic heterocycles. The maximum absolute atomic E-state index is 8.90. The molecule has 3 nitrogen and oxygen atoms in total. The fourth-order valence-corrected chi connectivity index (χ4v) is 2.18. The van der Waals surface area contributed by atoms with Gasteiger partial charge in [-0.3, -0.25) is 0 Å². The molecule has 0 N–H and O–H groups in total. The Kier molecular flexibility index (Phi) is 3.66. The molecule has 1 heterocycles. The SMILES string of the molecule is CC1(C)OB(c2cc(Cl)ccc2CC#N)OC1(C)C. The lowest BCUT2D eigenvalue weighted by atomic mass is 9.75. The van der Waals surface area contributed by atoms with Crippen LogP contribution in [0.2, 0.25) is 5.02 Å². The number of halogens is 1. The van der Waals surface area contributed by atoms with Gasteiger partial charge in [0.1, 0.15) is 0 Å². The third kappa shape index (κ3) is 2.64. The van der Waals surface area contributed by atoms with Gasteiger partial charge in [0.15, 0.2) is 0 Å². The van der Waals surface area contributed by atoms with Gasteiger partial charge < -0.3 is 9.31 Å². The summed E-state index contributed by atoms with van der Waals surface area (Å²) in [7, 11) is -0.480. The van der Waals surface area contributed by atoms with Gasteiger partial charge in [-0.25, -0.2) is 0 Å². The molecule has 0 spiro atoms. The second-order valence-corrected chi connectivity index (χ2v) is 6.20. The van der Waals surface area contributed by atoms with Gasteiger partial charge in [-0.2, -0.15) is 5.26 Å². The minimum absolute atomic E-state index is 0.316. The Hall–Kier alpha value is -1.02. The number of hydrogen-bond donors (Lipinski definition) is 0. The van der Waals surface area contributed by atoms with Gasteiger partial charge in [-0.05, 0) is 50.9 Å². The smallest absolute Gasteiger partial charge is 0.399 e. The van der Waals surface area contributed by atoms with Crippen molar-refractivity contribution >= 4 is 24.2 Å². The van der Waals surface area contributed by atoms with Crippen molar-refractivity contribution in [2.75, 3.05) is 0 Å². The molecule has 0 saturated carbocycles. The molecule has 1 aromatic carbocycles. The van der Waals surface area contributed by atoms with Crippen molar-refractivity contribution in [3.8, 4) is 6.07 Å². The first-order chi connectivity index (χ1) is 8.77. The average molecular weight is 278 g/mol. The van der Waals surface area contributed by atoms with Crippen LogP contribution in [0.25, 0.3) is 0 Å². The standard InChI is InChI=1S/C14H17BClNO2/c1-13(2)14(3,4)19-15(18-13)12-9-11(16)6-5-10(12)7-8-17/h5-6,9H,7H2,1-4H3. The van der Waals surface area contributed by atoms with E-state index in [-0.39, 0.29) is 0 Å². The van der Waals surface area contributed by atoms with Crippen LogP contribution in [-0.4, -0.2) is 18.3 Å². The molecule has 1 aromatic rings. The quantitative estimate of drug-likeness (QED) is 0.781. The lowest BCUT2D eigenvalue weighted by Gasteiger charge is -2.32. The van der Waals surface area contributed by atoms with Crippen molar-refractivity contribution in [1.29, 1.82) is 5.26 Å². The van der Waals surface area contributed by atoms with E-state index in [4.69, 9.17) is 26.2 Å². The highest BCUT2D eigenvalue weighted by Crippen LogP contribution is 2.36. The molecular formula is C14H17BClNO2. The summed E-state index contributed by atoms with van der Waals surface area (Å²) in [5.74, 6) is 0. The van der Waals surface area contributed by atoms with E-state index < -0.39 is 18.3 Å². The summed E-state index contributed by atoms with van der Waals surface area (Å²) in [6.07, 6.45) is 0.316. The van der Waals surface area contributed by atoms with E-state index in [9.17, 15) is 0 Å². The summed E-state index contributed by atoms with van der Waals surface area (Å²) in [6, 6.07) is 7.60. The van der Waals surface area contributed by atoms with Gasteiger partial charge >= 0.3 is 7.12 Å². The van der Waals surface area contributed by atoms with Crippen LogP contribution in [0, 0.1) is 11.3 Å². The van der Waals surface area contributed by atoms with Crippen molar-refractivity contribution in [2.45, 2.75) is 45.3 Å². The molecule has 1 aliphatic rings. The van der Waals surface area contributed by atoms with E-state index in [1.807, 2.05) is 39.8 Å². The van der Waals surface area contributed by atoms with Gasteiger partial charge in [0.05, 0.1) is 23.7 Å². The van der Waals surface area contributed by atoms with E-state index in [0.29, 0.717) is 11.4 Å². The molecule has 0 aliphatic carbocycles. The van der Waals surface area contributed by atoms with Crippen LogP contribution < -0.4 is 5.46 Å². The maximum Gasteiger partial charge on any atom is 0.495 e. The van der Waals surface area contributed by atoms with E-state index in [0.717, 1.165) is 11.0 Å². The van der Waals surface area contributed by atoms with E-state index in [2.05, 4.69) is 6.07 Å². The molecule has 19 heavy (non-hydrogen) atoms. The second kappa shape index (κ2) is 4.83. The highest BCUT2D eigenvalue weighted by molar-refractivity contribution is 6.63. The molecule has 5 heteroatoms. The highest BCUT2D eigenvalue weighted by Gasteiger charge is 2.52. The minimum Gasteiger partial charge on any atom is -0.399 e. The third-order valence-electron chi connectivity index (χ3n) is 3.88. The lowest BCUT2D eigenvalue weighted by molar-refractivity contribution is 0.00578. The summed E-state index contributed by atoms with van der Waals surface area (Å²) < 4.78 is 12.0. The monoisotopic (exact) mass is 277 g/mol. The van der Waals surface area contributed by atoms with Crippen LogP contribution in [0.5, 0.6) is 0 Å². The molecule has 1 fully saturated rings. The second-order valence-electron chi connectivity index (χ2n) is 5.77. The predicted octanol–water partition coefficient (Wildman–Crippen LogP) is 2.71. The highest BCUT2D eigenvalue weighted by atomic mass is 35.5. The van der Waals surface area contributed by atoms with E-state index >= 15 is 0 Å².